The molecule has 0 aliphatic heterocycles. The molecule has 1 N–H and O–H groups in total. The molecule has 0 aliphatic rings. The van der Waals surface area contributed by atoms with Gasteiger partial charge in [-0.05, 0) is 0 Å². The average molecular weight is 285 g/mol. The Morgan fingerprint density at radius 1 is 0.875 bits per heavy atom. The number of hydrogen-bond acceptors (Lipinski definition) is 1. The quantitative estimate of drug-likeness (QED) is 0.726. The Hall–Kier alpha value is -0.461. The summed E-state index contributed by atoms with van der Waals surface area (Å²) in [7, 11) is 0. The third kappa shape index (κ3) is 2.81. The van der Waals surface area contributed by atoms with E-state index in [2.05, 4.69) is 69.7 Å². The molecule has 0 amide bonds. The molecule has 1 nitrogen and oxygen atoms in total. The fourth-order valence-corrected chi connectivity index (χ4v) is 2.30. The van der Waals surface area contributed by atoms with Crippen LogP contribution in [-0.4, -0.2) is 21.1 Å². The molecule has 0 spiro atoms. The van der Waals surface area contributed by atoms with Crippen LogP contribution in [0.25, 0.3) is 0 Å². The molecule has 2 heteroatoms. The van der Waals surface area contributed by atoms with E-state index >= 15 is 0 Å². The van der Waals surface area contributed by atoms with Crippen molar-refractivity contribution in [1.29, 1.82) is 0 Å². The van der Waals surface area contributed by atoms with Crippen molar-refractivity contribution in [1.82, 2.24) is 0 Å². The first-order valence-electron chi connectivity index (χ1n) is 5.60. The molecule has 0 saturated carbocycles. The van der Waals surface area contributed by atoms with Crippen molar-refractivity contribution in [3.8, 4) is 5.75 Å². The number of hydrogen-bond donors (Lipinski definition) is 1. The predicted molar refractivity (Wildman–Crippen MR) is 72.3 cm³/mol. The molecule has 0 saturated heterocycles. The predicted octanol–water partition coefficient (Wildman–Crippen LogP) is 2.51. The zero-order valence-electron chi connectivity index (χ0n) is 11.0. The second-order valence-corrected chi connectivity index (χ2v) is 7.47. The Labute approximate surface area is 107 Å². The Balaban J connectivity index is 3.51. The topological polar surface area (TPSA) is 20.2 Å². The summed E-state index contributed by atoms with van der Waals surface area (Å²) < 4.78 is 1.15. The van der Waals surface area contributed by atoms with Crippen LogP contribution in [-0.2, 0) is 10.8 Å². The maximum atomic E-state index is 10.4. The van der Waals surface area contributed by atoms with E-state index in [1.807, 2.05) is 0 Å². The normalized spacial score (nSPS) is 12.9. The summed E-state index contributed by atoms with van der Waals surface area (Å²) in [6.45, 7) is 12.8. The monoisotopic (exact) mass is 286 g/mol. The van der Waals surface area contributed by atoms with Crippen molar-refractivity contribution in [2.75, 3.05) is 0 Å². The second-order valence-electron chi connectivity index (χ2n) is 6.39. The van der Waals surface area contributed by atoms with Gasteiger partial charge in [0.1, 0.15) is 0 Å². The average Bonchev–Trinajstić information content (AvgIpc) is 2.04. The van der Waals surface area contributed by atoms with Crippen LogP contribution in [0.15, 0.2) is 12.1 Å². The first kappa shape index (κ1) is 13.6. The third-order valence-corrected chi connectivity index (χ3v) is 3.25. The van der Waals surface area contributed by atoms with Gasteiger partial charge in [0.25, 0.3) is 0 Å². The minimum absolute atomic E-state index is 0.0278. The summed E-state index contributed by atoms with van der Waals surface area (Å²) in [4.78, 5) is 0. The summed E-state index contributed by atoms with van der Waals surface area (Å²) in [6.07, 6.45) is 0. The van der Waals surface area contributed by atoms with Gasteiger partial charge >= 0.3 is 107 Å². The van der Waals surface area contributed by atoms with E-state index in [1.165, 1.54) is 0 Å². The zero-order valence-corrected chi connectivity index (χ0v) is 12.9. The van der Waals surface area contributed by atoms with Crippen LogP contribution < -0.4 is 4.46 Å². The van der Waals surface area contributed by atoms with Crippen molar-refractivity contribution in [3.63, 3.8) is 0 Å². The Morgan fingerprint density at radius 2 is 1.19 bits per heavy atom. The van der Waals surface area contributed by atoms with Crippen LogP contribution in [0.4, 0.5) is 0 Å². The van der Waals surface area contributed by atoms with Crippen LogP contribution in [0, 0.1) is 0 Å². The van der Waals surface area contributed by atoms with Crippen molar-refractivity contribution < 1.29 is 5.11 Å². The van der Waals surface area contributed by atoms with Crippen molar-refractivity contribution in [2.24, 2.45) is 0 Å². The molecule has 0 atom stereocenters. The zero-order chi connectivity index (χ0) is 12.7. The number of benzene rings is 1. The van der Waals surface area contributed by atoms with E-state index in [0.29, 0.717) is 5.75 Å². The van der Waals surface area contributed by atoms with Gasteiger partial charge in [-0.2, -0.15) is 0 Å². The van der Waals surface area contributed by atoms with E-state index in [9.17, 15) is 5.11 Å². The number of phenolic OH excluding ortho intramolecular Hbond substituents is 1. The molecule has 0 radical (unpaired) electrons. The Morgan fingerprint density at radius 3 is 1.44 bits per heavy atom. The van der Waals surface area contributed by atoms with Crippen LogP contribution in [0.5, 0.6) is 5.75 Å². The summed E-state index contributed by atoms with van der Waals surface area (Å²) >= 11 is 2.57. The maximum absolute atomic E-state index is 10.4. The van der Waals surface area contributed by atoms with Gasteiger partial charge in [0.2, 0.25) is 0 Å². The molecular formula is C14H22OSe. The molecule has 0 fully saturated rings. The fourth-order valence-electron chi connectivity index (χ4n) is 1.76. The van der Waals surface area contributed by atoms with Gasteiger partial charge in [0.05, 0.1) is 0 Å². The first-order valence-corrected chi connectivity index (χ1v) is 6.54. The van der Waals surface area contributed by atoms with E-state index in [1.54, 1.807) is 0 Å². The Kier molecular flexibility index (Phi) is 3.47. The molecule has 16 heavy (non-hydrogen) atoms. The van der Waals surface area contributed by atoms with Gasteiger partial charge in [0, 0.05) is 0 Å². The van der Waals surface area contributed by atoms with Gasteiger partial charge in [0.15, 0.2) is 0 Å². The Bertz CT molecular complexity index is 359. The summed E-state index contributed by atoms with van der Waals surface area (Å²) in [5, 5.41) is 10.4. The van der Waals surface area contributed by atoms with Gasteiger partial charge < -0.3 is 0 Å². The van der Waals surface area contributed by atoms with Crippen LogP contribution in [0.3, 0.4) is 0 Å². The van der Waals surface area contributed by atoms with Crippen LogP contribution >= 0.6 is 0 Å². The van der Waals surface area contributed by atoms with Gasteiger partial charge in [-0.1, -0.05) is 0 Å². The van der Waals surface area contributed by atoms with E-state index in [-0.39, 0.29) is 10.8 Å². The number of phenols is 1. The van der Waals surface area contributed by atoms with Gasteiger partial charge in [-0.3, -0.25) is 0 Å². The standard InChI is InChI=1S/C14H22OSe/c1-13(2,3)10-7-9(16)8-11(12(10)15)14(4,5)6/h7-8,15-16H,1-6H3. The summed E-state index contributed by atoms with van der Waals surface area (Å²) in [5.74, 6) is 0.454. The van der Waals surface area contributed by atoms with Crippen LogP contribution in [0.2, 0.25) is 0 Å². The number of aromatic hydroxyl groups is 1. The summed E-state index contributed by atoms with van der Waals surface area (Å²) in [6, 6.07) is 4.12. The van der Waals surface area contributed by atoms with Crippen molar-refractivity contribution in [2.45, 2.75) is 52.4 Å². The third-order valence-electron chi connectivity index (χ3n) is 2.71. The fraction of sp³-hybridized carbons (Fsp3) is 0.571. The summed E-state index contributed by atoms with van der Waals surface area (Å²) in [5.41, 5.74) is 1.99. The number of rotatable bonds is 0. The van der Waals surface area contributed by atoms with Crippen molar-refractivity contribution in [3.05, 3.63) is 23.3 Å². The molecule has 0 bridgehead atoms. The van der Waals surface area contributed by atoms with E-state index in [4.69, 9.17) is 0 Å². The van der Waals surface area contributed by atoms with Crippen molar-refractivity contribution >= 4 is 20.5 Å². The molecule has 90 valence electrons. The molecular weight excluding hydrogens is 263 g/mol. The molecule has 0 aliphatic carbocycles. The second kappa shape index (κ2) is 4.09. The van der Waals surface area contributed by atoms with Gasteiger partial charge in [-0.25, -0.2) is 0 Å². The SMILES string of the molecule is CC(C)(C)c1cc([SeH])cc(C(C)(C)C)c1O. The van der Waals surface area contributed by atoms with E-state index in [0.717, 1.165) is 15.6 Å². The van der Waals surface area contributed by atoms with Gasteiger partial charge in [-0.15, -0.1) is 0 Å². The first-order chi connectivity index (χ1) is 7.03. The molecule has 1 rings (SSSR count). The van der Waals surface area contributed by atoms with Crippen LogP contribution in [0.1, 0.15) is 52.7 Å². The molecule has 0 aromatic heterocycles. The molecule has 1 aromatic rings. The molecule has 1 aromatic carbocycles. The molecule has 0 heterocycles. The van der Waals surface area contributed by atoms with E-state index < -0.39 is 0 Å². The minimum atomic E-state index is -0.0278. The molecule has 0 unspecified atom stereocenters.